The molecule has 19 heavy (non-hydrogen) atoms. The quantitative estimate of drug-likeness (QED) is 0.879. The van der Waals surface area contributed by atoms with E-state index < -0.39 is 0 Å². The van der Waals surface area contributed by atoms with Gasteiger partial charge in [0, 0.05) is 38.2 Å². The van der Waals surface area contributed by atoms with Gasteiger partial charge in [0.15, 0.2) is 0 Å². The monoisotopic (exact) mass is 263 g/mol. The largest absolute Gasteiger partial charge is 0.384 e. The van der Waals surface area contributed by atoms with Gasteiger partial charge in [0.25, 0.3) is 0 Å². The molecule has 1 saturated heterocycles. The van der Waals surface area contributed by atoms with Crippen molar-refractivity contribution in [2.75, 3.05) is 33.4 Å². The van der Waals surface area contributed by atoms with Crippen LogP contribution < -0.4 is 5.73 Å². The average molecular weight is 263 g/mol. The number of piperidine rings is 1. The van der Waals surface area contributed by atoms with Crippen molar-refractivity contribution in [3.8, 4) is 0 Å². The van der Waals surface area contributed by atoms with E-state index in [-0.39, 0.29) is 0 Å². The summed E-state index contributed by atoms with van der Waals surface area (Å²) in [6.45, 7) is 5.75. The number of pyridine rings is 1. The minimum atomic E-state index is 0.302. The molecule has 2 heterocycles. The number of aromatic nitrogens is 1. The lowest BCUT2D eigenvalue weighted by Crippen LogP contribution is -2.40. The highest BCUT2D eigenvalue weighted by atomic mass is 16.5. The Morgan fingerprint density at radius 1 is 1.42 bits per heavy atom. The Bertz CT molecular complexity index is 371. The molecule has 1 aromatic heterocycles. The Labute approximate surface area is 116 Å². The highest BCUT2D eigenvalue weighted by Gasteiger charge is 2.25. The summed E-state index contributed by atoms with van der Waals surface area (Å²) < 4.78 is 5.25. The normalized spacial score (nSPS) is 19.5. The lowest BCUT2D eigenvalue weighted by molar-refractivity contribution is 0.0810. The Hall–Kier alpha value is -0.970. The van der Waals surface area contributed by atoms with E-state index in [2.05, 4.69) is 22.0 Å². The zero-order valence-electron chi connectivity index (χ0n) is 12.0. The van der Waals surface area contributed by atoms with Crippen LogP contribution in [0.25, 0.3) is 0 Å². The fourth-order valence-electron chi connectivity index (χ4n) is 2.84. The maximum atomic E-state index is 5.97. The lowest BCUT2D eigenvalue weighted by Gasteiger charge is -2.37. The topological polar surface area (TPSA) is 51.4 Å². The van der Waals surface area contributed by atoms with E-state index in [1.165, 1.54) is 18.4 Å². The third kappa shape index (κ3) is 3.75. The zero-order valence-corrected chi connectivity index (χ0v) is 12.0. The second kappa shape index (κ2) is 6.98. The molecule has 1 aromatic rings. The van der Waals surface area contributed by atoms with Crippen molar-refractivity contribution in [3.63, 3.8) is 0 Å². The van der Waals surface area contributed by atoms with Gasteiger partial charge in [0.05, 0.1) is 0 Å². The summed E-state index contributed by atoms with van der Waals surface area (Å²) in [5, 5.41) is 0. The van der Waals surface area contributed by atoms with Crippen molar-refractivity contribution in [1.29, 1.82) is 0 Å². The molecular weight excluding hydrogens is 238 g/mol. The van der Waals surface area contributed by atoms with Gasteiger partial charge in [-0.3, -0.25) is 9.88 Å². The molecular formula is C15H25N3O. The van der Waals surface area contributed by atoms with Gasteiger partial charge < -0.3 is 10.5 Å². The van der Waals surface area contributed by atoms with Crippen molar-refractivity contribution in [1.82, 2.24) is 9.88 Å². The van der Waals surface area contributed by atoms with Crippen LogP contribution in [0, 0.1) is 12.8 Å². The smallest absolute Gasteiger partial charge is 0.0491 e. The molecule has 1 aliphatic heterocycles. The molecule has 1 aliphatic rings. The van der Waals surface area contributed by atoms with Gasteiger partial charge in [-0.15, -0.1) is 0 Å². The minimum absolute atomic E-state index is 0.302. The highest BCUT2D eigenvalue weighted by Crippen LogP contribution is 2.26. The summed E-state index contributed by atoms with van der Waals surface area (Å²) in [5.74, 6) is 0.704. The van der Waals surface area contributed by atoms with Crippen LogP contribution in [0.2, 0.25) is 0 Å². The minimum Gasteiger partial charge on any atom is -0.384 e. The highest BCUT2D eigenvalue weighted by molar-refractivity contribution is 5.18. The molecule has 0 amide bonds. The maximum absolute atomic E-state index is 5.97. The third-order valence-electron chi connectivity index (χ3n) is 4.03. The van der Waals surface area contributed by atoms with Gasteiger partial charge in [0.2, 0.25) is 0 Å². The van der Waals surface area contributed by atoms with Crippen molar-refractivity contribution < 1.29 is 4.74 Å². The van der Waals surface area contributed by atoms with Crippen LogP contribution in [0.5, 0.6) is 0 Å². The van der Waals surface area contributed by atoms with Crippen molar-refractivity contribution in [3.05, 3.63) is 29.6 Å². The molecule has 0 bridgehead atoms. The van der Waals surface area contributed by atoms with Crippen LogP contribution in [-0.4, -0.2) is 43.2 Å². The number of hydrogen-bond acceptors (Lipinski definition) is 4. The number of nitrogens with zero attached hydrogens (tertiary/aromatic N) is 2. The fraction of sp³-hybridized carbons (Fsp3) is 0.667. The number of aryl methyl sites for hydroxylation is 1. The molecule has 0 aliphatic carbocycles. The Balaban J connectivity index is 1.97. The Morgan fingerprint density at radius 3 is 2.68 bits per heavy atom. The summed E-state index contributed by atoms with van der Waals surface area (Å²) in [6.07, 6.45) is 4.36. The van der Waals surface area contributed by atoms with Gasteiger partial charge in [-0.2, -0.15) is 0 Å². The molecule has 0 saturated carbocycles. The van der Waals surface area contributed by atoms with Gasteiger partial charge in [-0.1, -0.05) is 6.07 Å². The van der Waals surface area contributed by atoms with Crippen LogP contribution in [0.15, 0.2) is 18.3 Å². The molecule has 2 rings (SSSR count). The summed E-state index contributed by atoms with van der Waals surface area (Å²) in [6, 6.07) is 4.52. The first-order chi connectivity index (χ1) is 9.24. The number of nitrogens with two attached hydrogens (primary N) is 1. The molecule has 0 radical (unpaired) electrons. The molecule has 1 atom stereocenters. The molecule has 4 nitrogen and oxygen atoms in total. The SMILES string of the molecule is COCC1CCN(C(CN)c2ccc(C)nc2)CC1. The molecule has 4 heteroatoms. The first-order valence-electron chi connectivity index (χ1n) is 7.10. The second-order valence-corrected chi connectivity index (χ2v) is 5.42. The number of ether oxygens (including phenoxy) is 1. The maximum Gasteiger partial charge on any atom is 0.0491 e. The van der Waals surface area contributed by atoms with Crippen LogP contribution in [0.1, 0.15) is 30.1 Å². The zero-order chi connectivity index (χ0) is 13.7. The first kappa shape index (κ1) is 14.4. The van der Waals surface area contributed by atoms with E-state index in [0.717, 1.165) is 25.4 Å². The van der Waals surface area contributed by atoms with Crippen LogP contribution >= 0.6 is 0 Å². The molecule has 1 unspecified atom stereocenters. The van der Waals surface area contributed by atoms with Crippen LogP contribution in [0.4, 0.5) is 0 Å². The summed E-state index contributed by atoms with van der Waals surface area (Å²) >= 11 is 0. The summed E-state index contributed by atoms with van der Waals surface area (Å²) in [4.78, 5) is 6.87. The predicted molar refractivity (Wildman–Crippen MR) is 76.9 cm³/mol. The van der Waals surface area contributed by atoms with Gasteiger partial charge >= 0.3 is 0 Å². The second-order valence-electron chi connectivity index (χ2n) is 5.42. The number of rotatable bonds is 5. The van der Waals surface area contributed by atoms with E-state index in [0.29, 0.717) is 18.5 Å². The summed E-state index contributed by atoms with van der Waals surface area (Å²) in [7, 11) is 1.78. The van der Waals surface area contributed by atoms with Gasteiger partial charge in [-0.25, -0.2) is 0 Å². The van der Waals surface area contributed by atoms with Crippen LogP contribution in [-0.2, 0) is 4.74 Å². The van der Waals surface area contributed by atoms with Gasteiger partial charge in [0.1, 0.15) is 0 Å². The van der Waals surface area contributed by atoms with Crippen molar-refractivity contribution in [2.24, 2.45) is 11.7 Å². The lowest BCUT2D eigenvalue weighted by atomic mass is 9.95. The van der Waals surface area contributed by atoms with E-state index in [1.807, 2.05) is 13.1 Å². The van der Waals surface area contributed by atoms with E-state index >= 15 is 0 Å². The summed E-state index contributed by atoms with van der Waals surface area (Å²) in [5.41, 5.74) is 8.26. The standard InChI is InChI=1S/C15H25N3O/c1-12-3-4-14(10-17-12)15(9-16)18-7-5-13(6-8-18)11-19-2/h3-4,10,13,15H,5-9,11,16H2,1-2H3. The van der Waals surface area contributed by atoms with Crippen molar-refractivity contribution in [2.45, 2.75) is 25.8 Å². The number of methoxy groups -OCH3 is 1. The van der Waals surface area contributed by atoms with Crippen molar-refractivity contribution >= 4 is 0 Å². The van der Waals surface area contributed by atoms with E-state index in [1.54, 1.807) is 7.11 Å². The average Bonchev–Trinajstić information content (AvgIpc) is 2.44. The third-order valence-corrected chi connectivity index (χ3v) is 4.03. The number of likely N-dealkylation sites (tertiary alicyclic amines) is 1. The first-order valence-corrected chi connectivity index (χ1v) is 7.10. The molecule has 106 valence electrons. The fourth-order valence-corrected chi connectivity index (χ4v) is 2.84. The molecule has 0 aromatic carbocycles. The predicted octanol–water partition coefficient (Wildman–Crippen LogP) is 1.75. The Morgan fingerprint density at radius 2 is 2.16 bits per heavy atom. The Kier molecular flexibility index (Phi) is 5.31. The molecule has 0 spiro atoms. The van der Waals surface area contributed by atoms with Gasteiger partial charge in [-0.05, 0) is 50.4 Å². The molecule has 2 N–H and O–H groups in total. The molecule has 1 fully saturated rings. The van der Waals surface area contributed by atoms with E-state index in [4.69, 9.17) is 10.5 Å². The van der Waals surface area contributed by atoms with Crippen LogP contribution in [0.3, 0.4) is 0 Å². The van der Waals surface area contributed by atoms with E-state index in [9.17, 15) is 0 Å². The number of hydrogen-bond donors (Lipinski definition) is 1.